The lowest BCUT2D eigenvalue weighted by atomic mass is 9.58. The van der Waals surface area contributed by atoms with E-state index in [4.69, 9.17) is 9.78 Å². The summed E-state index contributed by atoms with van der Waals surface area (Å²) in [6.45, 7) is 8.87. The number of rotatable bonds is 2. The second-order valence-electron chi connectivity index (χ2n) is 7.76. The van der Waals surface area contributed by atoms with E-state index in [1.54, 1.807) is 0 Å². The van der Waals surface area contributed by atoms with Crippen LogP contribution < -0.4 is 0 Å². The van der Waals surface area contributed by atoms with Gasteiger partial charge in [0.15, 0.2) is 0 Å². The van der Waals surface area contributed by atoms with Crippen molar-refractivity contribution in [1.82, 2.24) is 0 Å². The number of benzene rings is 2. The van der Waals surface area contributed by atoms with E-state index in [-0.39, 0.29) is 11.2 Å². The van der Waals surface area contributed by atoms with E-state index in [0.717, 1.165) is 12.8 Å². The Hall–Kier alpha value is -1.64. The van der Waals surface area contributed by atoms with Crippen LogP contribution in [0.1, 0.15) is 48.9 Å². The summed E-state index contributed by atoms with van der Waals surface area (Å²) in [5.74, 6) is 0.785. The van der Waals surface area contributed by atoms with Crippen LogP contribution in [0.2, 0.25) is 0 Å². The van der Waals surface area contributed by atoms with Gasteiger partial charge in [0, 0.05) is 0 Å². The minimum atomic E-state index is -0.320. The molecule has 2 aromatic rings. The first-order valence-corrected chi connectivity index (χ1v) is 8.99. The maximum atomic E-state index is 6.16. The molecule has 2 saturated heterocycles. The Kier molecular flexibility index (Phi) is 3.59. The third kappa shape index (κ3) is 2.09. The summed E-state index contributed by atoms with van der Waals surface area (Å²) in [5, 5.41) is 0. The van der Waals surface area contributed by atoms with Gasteiger partial charge in [0.1, 0.15) is 11.2 Å². The maximum absolute atomic E-state index is 6.16. The zero-order chi connectivity index (χ0) is 16.9. The molecule has 2 bridgehead atoms. The minimum Gasteiger partial charge on any atom is -0.224 e. The smallest absolute Gasteiger partial charge is 0.131 e. The lowest BCUT2D eigenvalue weighted by Gasteiger charge is -2.59. The molecular formula is C22H26O2. The Morgan fingerprint density at radius 1 is 0.667 bits per heavy atom. The fourth-order valence-corrected chi connectivity index (χ4v) is 4.60. The van der Waals surface area contributed by atoms with Crippen LogP contribution in [0.3, 0.4) is 0 Å². The van der Waals surface area contributed by atoms with Gasteiger partial charge in [0.25, 0.3) is 0 Å². The van der Waals surface area contributed by atoms with Gasteiger partial charge in [0.05, 0.1) is 0 Å². The van der Waals surface area contributed by atoms with Gasteiger partial charge in [0.2, 0.25) is 0 Å². The van der Waals surface area contributed by atoms with E-state index < -0.39 is 0 Å². The van der Waals surface area contributed by atoms with Crippen molar-refractivity contribution in [3.05, 3.63) is 70.8 Å². The number of hydrogen-bond acceptors (Lipinski definition) is 2. The summed E-state index contributed by atoms with van der Waals surface area (Å²) in [4.78, 5) is 12.3. The Morgan fingerprint density at radius 3 is 1.29 bits per heavy atom. The monoisotopic (exact) mass is 322 g/mol. The summed E-state index contributed by atoms with van der Waals surface area (Å²) in [6.07, 6.45) is 1.99. The Bertz CT molecular complexity index is 656. The molecule has 0 amide bonds. The van der Waals surface area contributed by atoms with Crippen LogP contribution in [0.5, 0.6) is 0 Å². The molecule has 2 heteroatoms. The lowest BCUT2D eigenvalue weighted by molar-refractivity contribution is -0.506. The molecule has 0 unspecified atom stereocenters. The Labute approximate surface area is 144 Å². The normalized spacial score (nSPS) is 35.2. The highest BCUT2D eigenvalue weighted by Gasteiger charge is 2.61. The summed E-state index contributed by atoms with van der Waals surface area (Å²) >= 11 is 0. The van der Waals surface area contributed by atoms with E-state index in [0.29, 0.717) is 11.8 Å². The van der Waals surface area contributed by atoms with E-state index in [2.05, 4.69) is 76.2 Å². The third-order valence-electron chi connectivity index (χ3n) is 6.51. The Morgan fingerprint density at radius 2 is 1.00 bits per heavy atom. The standard InChI is InChI=1S/C22H26O2/c1-15-5-9-19(10-6-15)21-13-14-22(24-23-21,18(4)17(21)3)20-11-7-16(2)8-12-20/h5-12,17-18H,13-14H2,1-4H3/t17-,18-,21-,22+/m0/s1. The molecule has 126 valence electrons. The predicted octanol–water partition coefficient (Wildman–Crippen LogP) is 5.42. The van der Waals surface area contributed by atoms with Crippen LogP contribution in [0.25, 0.3) is 0 Å². The van der Waals surface area contributed by atoms with Gasteiger partial charge in [-0.05, 0) is 49.7 Å². The topological polar surface area (TPSA) is 18.5 Å². The number of aryl methyl sites for hydroxylation is 2. The van der Waals surface area contributed by atoms with E-state index in [1.807, 2.05) is 0 Å². The molecule has 2 nitrogen and oxygen atoms in total. The zero-order valence-electron chi connectivity index (χ0n) is 15.0. The highest BCUT2D eigenvalue weighted by atomic mass is 17.2. The van der Waals surface area contributed by atoms with Gasteiger partial charge < -0.3 is 0 Å². The van der Waals surface area contributed by atoms with Gasteiger partial charge in [-0.25, -0.2) is 9.78 Å². The second-order valence-corrected chi connectivity index (χ2v) is 7.76. The highest BCUT2D eigenvalue weighted by molar-refractivity contribution is 5.34. The molecule has 1 saturated carbocycles. The minimum absolute atomic E-state index is 0.320. The molecule has 5 rings (SSSR count). The van der Waals surface area contributed by atoms with Crippen molar-refractivity contribution in [3.8, 4) is 0 Å². The van der Waals surface area contributed by atoms with E-state index in [9.17, 15) is 0 Å². The van der Waals surface area contributed by atoms with Crippen molar-refractivity contribution in [2.75, 3.05) is 0 Å². The van der Waals surface area contributed by atoms with Crippen molar-refractivity contribution >= 4 is 0 Å². The molecule has 2 aromatic carbocycles. The maximum Gasteiger partial charge on any atom is 0.131 e. The average molecular weight is 322 g/mol. The molecule has 0 aromatic heterocycles. The van der Waals surface area contributed by atoms with Gasteiger partial charge in [-0.2, -0.15) is 0 Å². The molecule has 0 spiro atoms. The lowest BCUT2D eigenvalue weighted by Crippen LogP contribution is -2.59. The molecule has 2 aliphatic heterocycles. The number of fused-ring (bicyclic) bond motifs is 3. The van der Waals surface area contributed by atoms with Gasteiger partial charge in [-0.1, -0.05) is 73.5 Å². The van der Waals surface area contributed by atoms with E-state index >= 15 is 0 Å². The molecule has 4 atom stereocenters. The van der Waals surface area contributed by atoms with Crippen LogP contribution in [-0.4, -0.2) is 0 Å². The SMILES string of the molecule is Cc1ccc([C@]23CC[C@](c4ccc(C)cc4)(OO2)[C@@H](C)[C@@H]3C)cc1. The molecule has 2 heterocycles. The van der Waals surface area contributed by atoms with Crippen LogP contribution in [0.4, 0.5) is 0 Å². The molecule has 3 fully saturated rings. The van der Waals surface area contributed by atoms with Crippen LogP contribution in [0.15, 0.2) is 48.5 Å². The van der Waals surface area contributed by atoms with Crippen LogP contribution >= 0.6 is 0 Å². The molecule has 3 aliphatic rings. The molecule has 0 radical (unpaired) electrons. The van der Waals surface area contributed by atoms with Crippen LogP contribution in [0, 0.1) is 25.7 Å². The van der Waals surface area contributed by atoms with Crippen molar-refractivity contribution in [2.24, 2.45) is 11.8 Å². The quantitative estimate of drug-likeness (QED) is 0.687. The molecule has 24 heavy (non-hydrogen) atoms. The summed E-state index contributed by atoms with van der Waals surface area (Å²) in [5.41, 5.74) is 4.39. The van der Waals surface area contributed by atoms with Gasteiger partial charge in [-0.15, -0.1) is 0 Å². The van der Waals surface area contributed by atoms with Crippen molar-refractivity contribution < 1.29 is 9.78 Å². The first kappa shape index (κ1) is 15.9. The van der Waals surface area contributed by atoms with Crippen molar-refractivity contribution in [1.29, 1.82) is 0 Å². The van der Waals surface area contributed by atoms with E-state index in [1.165, 1.54) is 22.3 Å². The molecule has 0 N–H and O–H groups in total. The Balaban J connectivity index is 1.73. The molecular weight excluding hydrogens is 296 g/mol. The largest absolute Gasteiger partial charge is 0.224 e. The third-order valence-corrected chi connectivity index (χ3v) is 6.51. The summed E-state index contributed by atoms with van der Waals surface area (Å²) in [7, 11) is 0. The average Bonchev–Trinajstić information content (AvgIpc) is 2.61. The highest BCUT2D eigenvalue weighted by Crippen LogP contribution is 2.60. The zero-order valence-corrected chi connectivity index (χ0v) is 15.0. The second kappa shape index (κ2) is 5.44. The fraction of sp³-hybridized carbons (Fsp3) is 0.455. The molecule has 1 aliphatic carbocycles. The van der Waals surface area contributed by atoms with Crippen LogP contribution in [-0.2, 0) is 21.0 Å². The van der Waals surface area contributed by atoms with Gasteiger partial charge >= 0.3 is 0 Å². The first-order valence-electron chi connectivity index (χ1n) is 8.99. The van der Waals surface area contributed by atoms with Crippen molar-refractivity contribution in [3.63, 3.8) is 0 Å². The summed E-state index contributed by atoms with van der Waals surface area (Å²) < 4.78 is 0. The first-order chi connectivity index (χ1) is 11.5. The predicted molar refractivity (Wildman–Crippen MR) is 95.4 cm³/mol. The fourth-order valence-electron chi connectivity index (χ4n) is 4.60. The summed E-state index contributed by atoms with van der Waals surface area (Å²) in [6, 6.07) is 17.5. The number of hydrogen-bond donors (Lipinski definition) is 0. The van der Waals surface area contributed by atoms with Crippen molar-refractivity contribution in [2.45, 2.75) is 51.7 Å². The van der Waals surface area contributed by atoms with Gasteiger partial charge in [-0.3, -0.25) is 0 Å².